The van der Waals surface area contributed by atoms with Crippen LogP contribution in [0.15, 0.2) is 134 Å². The molecule has 0 fully saturated rings. The van der Waals surface area contributed by atoms with Crippen molar-refractivity contribution < 1.29 is 18.9 Å². The number of fused-ring (bicyclic) bond motifs is 14. The van der Waals surface area contributed by atoms with E-state index in [1.165, 1.54) is 0 Å². The molecule has 0 saturated carbocycles. The lowest BCUT2D eigenvalue weighted by atomic mass is 9.96. The number of aromatic nitrogens is 4. The molecule has 0 spiro atoms. The largest absolute Gasteiger partial charge is 0.493 e. The number of ether oxygens (including phenoxy) is 4. The second kappa shape index (κ2) is 16.3. The average Bonchev–Trinajstić information content (AvgIpc) is 3.19. The molecular weight excluding hydrogens is 665 g/mol. The van der Waals surface area contributed by atoms with E-state index < -0.39 is 0 Å². The minimum absolute atomic E-state index is 0.348. The van der Waals surface area contributed by atoms with Gasteiger partial charge in [-0.25, -0.2) is 19.9 Å². The Morgan fingerprint density at radius 3 is 2.25 bits per heavy atom. The number of hydrogen-bond donors (Lipinski definition) is 2. The maximum atomic E-state index is 6.23. The highest BCUT2D eigenvalue weighted by atomic mass is 16.5. The van der Waals surface area contributed by atoms with Crippen molar-refractivity contribution >= 4 is 23.3 Å². The lowest BCUT2D eigenvalue weighted by Crippen LogP contribution is -2.04. The van der Waals surface area contributed by atoms with Crippen LogP contribution >= 0.6 is 0 Å². The van der Waals surface area contributed by atoms with Gasteiger partial charge in [-0.15, -0.1) is 0 Å². The summed E-state index contributed by atoms with van der Waals surface area (Å²) in [5, 5.41) is 6.81. The number of benzene rings is 4. The van der Waals surface area contributed by atoms with Crippen LogP contribution in [0.4, 0.5) is 23.3 Å². The molecular formula is C43H38N6O4. The van der Waals surface area contributed by atoms with E-state index in [1.807, 2.05) is 109 Å². The fraction of sp³-hybridized carbons (Fsp3) is 0.163. The Morgan fingerprint density at radius 1 is 0.566 bits per heavy atom. The van der Waals surface area contributed by atoms with Crippen molar-refractivity contribution in [3.63, 3.8) is 0 Å². The van der Waals surface area contributed by atoms with E-state index in [0.717, 1.165) is 74.1 Å². The molecule has 6 aromatic rings. The second-order valence-corrected chi connectivity index (χ2v) is 12.5. The molecule has 2 aliphatic rings. The predicted molar refractivity (Wildman–Crippen MR) is 207 cm³/mol. The van der Waals surface area contributed by atoms with E-state index in [0.29, 0.717) is 51.5 Å². The van der Waals surface area contributed by atoms with Gasteiger partial charge in [0.05, 0.1) is 44.4 Å². The Bertz CT molecular complexity index is 2270. The van der Waals surface area contributed by atoms with Gasteiger partial charge in [-0.1, -0.05) is 60.7 Å². The standard InChI is InChI=1S/C43H38N6O4/c1-2-19-51-29-33-24-35(47-42-44-18-17-40(48-42)31-10-7-13-36(25-31)52-21-3-1)15-16-38(33)39-27-45-43-46-34-12-6-9-30(23-34)28-50-20-4-5-22-53-37-14-8-11-32(26-37)41(39)49-43/h1-2,4-18,23-27H,3,19-22,28-29H2,(H,44,47,48)(H,45,46,49)/b2-1?,5-4+. The van der Waals surface area contributed by atoms with Gasteiger partial charge in [0.1, 0.15) is 18.1 Å². The Balaban J connectivity index is 1.19. The molecule has 0 amide bonds. The number of nitrogens with one attached hydrogen (secondary N) is 2. The van der Waals surface area contributed by atoms with Crippen molar-refractivity contribution in [1.29, 1.82) is 0 Å². The maximum absolute atomic E-state index is 6.23. The summed E-state index contributed by atoms with van der Waals surface area (Å²) in [5.41, 5.74) is 8.87. The summed E-state index contributed by atoms with van der Waals surface area (Å²) in [6, 6.07) is 32.0. The van der Waals surface area contributed by atoms with E-state index in [-0.39, 0.29) is 0 Å². The van der Waals surface area contributed by atoms with E-state index in [1.54, 1.807) is 6.20 Å². The van der Waals surface area contributed by atoms with E-state index in [9.17, 15) is 0 Å². The molecule has 0 radical (unpaired) electrons. The summed E-state index contributed by atoms with van der Waals surface area (Å²) in [6.07, 6.45) is 12.4. The van der Waals surface area contributed by atoms with Gasteiger partial charge < -0.3 is 29.6 Å². The molecule has 10 nitrogen and oxygen atoms in total. The molecule has 4 aromatic carbocycles. The minimum atomic E-state index is 0.348. The third-order valence-corrected chi connectivity index (χ3v) is 8.70. The normalized spacial score (nSPS) is 15.2. The predicted octanol–water partition coefficient (Wildman–Crippen LogP) is 9.08. The zero-order valence-corrected chi connectivity index (χ0v) is 29.1. The van der Waals surface area contributed by atoms with Crippen molar-refractivity contribution in [3.05, 3.63) is 145 Å². The van der Waals surface area contributed by atoms with Gasteiger partial charge in [-0.3, -0.25) is 0 Å². The van der Waals surface area contributed by atoms with E-state index in [2.05, 4.69) is 33.8 Å². The average molecular weight is 703 g/mol. The van der Waals surface area contributed by atoms with Crippen molar-refractivity contribution in [2.45, 2.75) is 19.6 Å². The summed E-state index contributed by atoms with van der Waals surface area (Å²) in [7, 11) is 0. The van der Waals surface area contributed by atoms with Crippen LogP contribution in [-0.2, 0) is 22.7 Å². The first-order valence-electron chi connectivity index (χ1n) is 17.6. The number of rotatable bonds is 1. The van der Waals surface area contributed by atoms with Crippen LogP contribution in [0.1, 0.15) is 17.5 Å². The molecule has 2 aromatic heterocycles. The summed E-state index contributed by atoms with van der Waals surface area (Å²) >= 11 is 0. The van der Waals surface area contributed by atoms with Crippen LogP contribution in [0.3, 0.4) is 0 Å². The quantitative estimate of drug-likeness (QED) is 0.161. The third-order valence-electron chi connectivity index (χ3n) is 8.70. The van der Waals surface area contributed by atoms with Gasteiger partial charge in [-0.05, 0) is 83.8 Å². The molecule has 2 aliphatic heterocycles. The van der Waals surface area contributed by atoms with Crippen LogP contribution in [0.2, 0.25) is 0 Å². The van der Waals surface area contributed by atoms with Crippen molar-refractivity contribution in [1.82, 2.24) is 19.9 Å². The molecule has 53 heavy (non-hydrogen) atoms. The number of anilines is 4. The molecule has 0 atom stereocenters. The Hall–Kier alpha value is -6.36. The zero-order valence-electron chi connectivity index (χ0n) is 29.1. The minimum Gasteiger partial charge on any atom is -0.493 e. The highest BCUT2D eigenvalue weighted by molar-refractivity contribution is 5.84. The molecule has 0 unspecified atom stereocenters. The van der Waals surface area contributed by atoms with Crippen molar-refractivity contribution in [3.8, 4) is 45.1 Å². The molecule has 0 saturated heterocycles. The number of hydrogen-bond acceptors (Lipinski definition) is 10. The highest BCUT2D eigenvalue weighted by Gasteiger charge is 2.17. The van der Waals surface area contributed by atoms with Gasteiger partial charge in [0.2, 0.25) is 11.9 Å². The smallest absolute Gasteiger partial charge is 0.227 e. The Morgan fingerprint density at radius 2 is 1.32 bits per heavy atom. The van der Waals surface area contributed by atoms with Crippen LogP contribution in [0.25, 0.3) is 33.6 Å². The lowest BCUT2D eigenvalue weighted by molar-refractivity contribution is 0.148. The lowest BCUT2D eigenvalue weighted by Gasteiger charge is -2.17. The molecule has 8 rings (SSSR count). The first-order valence-corrected chi connectivity index (χ1v) is 17.6. The van der Waals surface area contributed by atoms with Crippen LogP contribution in [0, 0.1) is 0 Å². The van der Waals surface area contributed by atoms with Crippen LogP contribution in [0.5, 0.6) is 11.5 Å². The van der Waals surface area contributed by atoms with Crippen LogP contribution < -0.4 is 20.1 Å². The zero-order chi connectivity index (χ0) is 35.7. The number of nitrogens with zero attached hydrogens (tertiary/aromatic N) is 4. The molecule has 12 bridgehead atoms. The molecule has 264 valence electrons. The van der Waals surface area contributed by atoms with Gasteiger partial charge in [0, 0.05) is 40.5 Å². The summed E-state index contributed by atoms with van der Waals surface area (Å²) in [5.74, 6) is 2.48. The molecule has 0 aliphatic carbocycles. The summed E-state index contributed by atoms with van der Waals surface area (Å²) in [6.45, 7) is 2.75. The highest BCUT2D eigenvalue weighted by Crippen LogP contribution is 2.37. The van der Waals surface area contributed by atoms with Gasteiger partial charge >= 0.3 is 0 Å². The van der Waals surface area contributed by atoms with Gasteiger partial charge in [0.25, 0.3) is 0 Å². The third kappa shape index (κ3) is 8.58. The van der Waals surface area contributed by atoms with Crippen molar-refractivity contribution in [2.75, 3.05) is 37.1 Å². The van der Waals surface area contributed by atoms with Crippen molar-refractivity contribution in [2.24, 2.45) is 0 Å². The molecule has 4 heterocycles. The van der Waals surface area contributed by atoms with E-state index >= 15 is 0 Å². The summed E-state index contributed by atoms with van der Waals surface area (Å²) in [4.78, 5) is 19.3. The Labute approximate surface area is 308 Å². The molecule has 10 heteroatoms. The SMILES string of the molecule is C1=CCOCc2cc(ccc2-c2cnc3nc2-c2cccc(c2)OC/C=C/COCc2cccc(c2)N3)Nc2nccc(n2)-c2cccc(c2)OCC1. The maximum Gasteiger partial charge on any atom is 0.227 e. The van der Waals surface area contributed by atoms with E-state index in [4.69, 9.17) is 33.9 Å². The van der Waals surface area contributed by atoms with Crippen LogP contribution in [-0.4, -0.2) is 46.4 Å². The monoisotopic (exact) mass is 702 g/mol. The molecule has 2 N–H and O–H groups in total. The summed E-state index contributed by atoms with van der Waals surface area (Å²) < 4.78 is 24.2. The first-order chi connectivity index (χ1) is 26.2. The van der Waals surface area contributed by atoms with Gasteiger partial charge in [-0.2, -0.15) is 0 Å². The first kappa shape index (κ1) is 33.8. The topological polar surface area (TPSA) is 113 Å². The van der Waals surface area contributed by atoms with Gasteiger partial charge in [0.15, 0.2) is 0 Å². The fourth-order valence-corrected chi connectivity index (χ4v) is 6.16. The second-order valence-electron chi connectivity index (χ2n) is 12.5. The Kier molecular flexibility index (Phi) is 10.4. The fourth-order valence-electron chi connectivity index (χ4n) is 6.16.